The molecular formula is C13H19N3O4S. The third-order valence-corrected chi connectivity index (χ3v) is 3.76. The van der Waals surface area contributed by atoms with Gasteiger partial charge in [0.15, 0.2) is 0 Å². The molecule has 0 fully saturated rings. The average Bonchev–Trinajstić information content (AvgIpc) is 2.90. The van der Waals surface area contributed by atoms with Crippen molar-refractivity contribution in [1.82, 2.24) is 10.6 Å². The topological polar surface area (TPSA) is 122 Å². The molecule has 21 heavy (non-hydrogen) atoms. The number of nitrogens with one attached hydrogen (secondary N) is 2. The fourth-order valence-corrected chi connectivity index (χ4v) is 2.64. The number of carbonyl (C=O) groups is 3. The molecular weight excluding hydrogens is 294 g/mol. The van der Waals surface area contributed by atoms with Crippen molar-refractivity contribution in [2.24, 2.45) is 5.73 Å². The van der Waals surface area contributed by atoms with Gasteiger partial charge in [0.2, 0.25) is 5.91 Å². The standard InChI is InChI=1S/C13H19N3O4S/c1-2-4-8(10-5-3-6-21-10)15-13(20)16-9(12(18)19)7-11(14)17/h3,5-6,8-9H,2,4,7H2,1H3,(H2,14,17)(H,18,19)(H2,15,16,20)/t8?,9-/m0/s1. The largest absolute Gasteiger partial charge is 0.480 e. The summed E-state index contributed by atoms with van der Waals surface area (Å²) in [6, 6.07) is 1.65. The van der Waals surface area contributed by atoms with Crippen LogP contribution in [-0.2, 0) is 9.59 Å². The van der Waals surface area contributed by atoms with E-state index in [0.717, 1.165) is 17.7 Å². The second-order valence-electron chi connectivity index (χ2n) is 4.54. The van der Waals surface area contributed by atoms with Crippen molar-refractivity contribution in [2.75, 3.05) is 0 Å². The fraction of sp³-hybridized carbons (Fsp3) is 0.462. The van der Waals surface area contributed by atoms with Gasteiger partial charge in [0, 0.05) is 4.88 Å². The third kappa shape index (κ3) is 5.82. The van der Waals surface area contributed by atoms with Crippen molar-refractivity contribution in [1.29, 1.82) is 0 Å². The number of hydrogen-bond donors (Lipinski definition) is 4. The maximum Gasteiger partial charge on any atom is 0.326 e. The number of amides is 3. The Balaban J connectivity index is 2.64. The van der Waals surface area contributed by atoms with Crippen LogP contribution in [0, 0.1) is 0 Å². The van der Waals surface area contributed by atoms with E-state index in [4.69, 9.17) is 10.8 Å². The molecule has 1 aromatic heterocycles. The summed E-state index contributed by atoms with van der Waals surface area (Å²) < 4.78 is 0. The van der Waals surface area contributed by atoms with Crippen LogP contribution < -0.4 is 16.4 Å². The van der Waals surface area contributed by atoms with Crippen LogP contribution in [0.15, 0.2) is 17.5 Å². The Morgan fingerprint density at radius 3 is 2.57 bits per heavy atom. The molecule has 0 aliphatic heterocycles. The number of urea groups is 1. The Kier molecular flexibility index (Phi) is 6.67. The van der Waals surface area contributed by atoms with Crippen LogP contribution in [0.4, 0.5) is 4.79 Å². The monoisotopic (exact) mass is 313 g/mol. The highest BCUT2D eigenvalue weighted by atomic mass is 32.1. The van der Waals surface area contributed by atoms with Gasteiger partial charge in [-0.25, -0.2) is 9.59 Å². The van der Waals surface area contributed by atoms with Gasteiger partial charge in [0.1, 0.15) is 6.04 Å². The number of thiophene rings is 1. The molecule has 0 spiro atoms. The lowest BCUT2D eigenvalue weighted by atomic mass is 10.1. The van der Waals surface area contributed by atoms with Gasteiger partial charge in [0.05, 0.1) is 12.5 Å². The van der Waals surface area contributed by atoms with Gasteiger partial charge in [-0.2, -0.15) is 0 Å². The SMILES string of the molecule is CCCC(NC(=O)N[C@@H](CC(N)=O)C(=O)O)c1cccs1. The van der Waals surface area contributed by atoms with Crippen molar-refractivity contribution >= 4 is 29.2 Å². The minimum atomic E-state index is -1.33. The minimum Gasteiger partial charge on any atom is -0.480 e. The van der Waals surface area contributed by atoms with Crippen molar-refractivity contribution < 1.29 is 19.5 Å². The van der Waals surface area contributed by atoms with E-state index in [1.165, 1.54) is 11.3 Å². The minimum absolute atomic E-state index is 0.182. The quantitative estimate of drug-likeness (QED) is 0.576. The molecule has 8 heteroatoms. The highest BCUT2D eigenvalue weighted by Crippen LogP contribution is 2.22. The summed E-state index contributed by atoms with van der Waals surface area (Å²) in [6.07, 6.45) is 1.16. The average molecular weight is 313 g/mol. The molecule has 1 unspecified atom stereocenters. The second kappa shape index (κ2) is 8.25. The van der Waals surface area contributed by atoms with Gasteiger partial charge in [0.25, 0.3) is 0 Å². The molecule has 7 nitrogen and oxygen atoms in total. The lowest BCUT2D eigenvalue weighted by molar-refractivity contribution is -0.140. The van der Waals surface area contributed by atoms with Crippen LogP contribution in [0.25, 0.3) is 0 Å². The van der Waals surface area contributed by atoms with Crippen LogP contribution in [0.1, 0.15) is 37.1 Å². The summed E-state index contributed by atoms with van der Waals surface area (Å²) in [6.45, 7) is 1.99. The zero-order valence-electron chi connectivity index (χ0n) is 11.7. The van der Waals surface area contributed by atoms with E-state index in [1.54, 1.807) is 0 Å². The number of carboxylic acid groups (broad SMARTS) is 1. The molecule has 5 N–H and O–H groups in total. The lowest BCUT2D eigenvalue weighted by Gasteiger charge is -2.19. The Morgan fingerprint density at radius 2 is 2.10 bits per heavy atom. The predicted octanol–water partition coefficient (Wildman–Crippen LogP) is 1.22. The number of carbonyl (C=O) groups excluding carboxylic acids is 2. The molecule has 116 valence electrons. The van der Waals surface area contributed by atoms with Crippen molar-refractivity contribution in [3.63, 3.8) is 0 Å². The summed E-state index contributed by atoms with van der Waals surface area (Å²) in [5, 5.41) is 15.8. The van der Waals surface area contributed by atoms with E-state index >= 15 is 0 Å². The van der Waals surface area contributed by atoms with E-state index in [1.807, 2.05) is 24.4 Å². The summed E-state index contributed by atoms with van der Waals surface area (Å²) >= 11 is 1.52. The van der Waals surface area contributed by atoms with Gasteiger partial charge in [-0.1, -0.05) is 19.4 Å². The first kappa shape index (κ1) is 17.0. The number of aliphatic carboxylic acids is 1. The van der Waals surface area contributed by atoms with Crippen LogP contribution in [0.3, 0.4) is 0 Å². The number of hydrogen-bond acceptors (Lipinski definition) is 4. The zero-order valence-corrected chi connectivity index (χ0v) is 12.5. The molecule has 1 aromatic rings. The van der Waals surface area contributed by atoms with Crippen molar-refractivity contribution in [2.45, 2.75) is 38.3 Å². The summed E-state index contributed by atoms with van der Waals surface area (Å²) in [7, 11) is 0. The third-order valence-electron chi connectivity index (χ3n) is 2.78. The molecule has 2 atom stereocenters. The first-order valence-corrected chi connectivity index (χ1v) is 7.43. The Bertz CT molecular complexity index is 490. The maximum absolute atomic E-state index is 11.9. The van der Waals surface area contributed by atoms with Gasteiger partial charge in [-0.05, 0) is 17.9 Å². The van der Waals surface area contributed by atoms with E-state index < -0.39 is 30.4 Å². The second-order valence-corrected chi connectivity index (χ2v) is 5.52. The number of nitrogens with two attached hydrogens (primary N) is 1. The van der Waals surface area contributed by atoms with Gasteiger partial charge < -0.3 is 21.5 Å². The first-order valence-electron chi connectivity index (χ1n) is 6.55. The van der Waals surface area contributed by atoms with Crippen LogP contribution in [-0.4, -0.2) is 29.1 Å². The Hall–Kier alpha value is -2.09. The molecule has 3 amide bonds. The van der Waals surface area contributed by atoms with Crippen LogP contribution in [0.5, 0.6) is 0 Å². The molecule has 0 saturated heterocycles. The summed E-state index contributed by atoms with van der Waals surface area (Å²) in [5.74, 6) is -2.09. The molecule has 0 aliphatic rings. The number of primary amides is 1. The molecule has 1 heterocycles. The molecule has 0 aromatic carbocycles. The Morgan fingerprint density at radius 1 is 1.38 bits per heavy atom. The first-order chi connectivity index (χ1) is 9.93. The van der Waals surface area contributed by atoms with E-state index in [2.05, 4.69) is 10.6 Å². The molecule has 0 aliphatic carbocycles. The zero-order chi connectivity index (χ0) is 15.8. The molecule has 0 radical (unpaired) electrons. The lowest BCUT2D eigenvalue weighted by Crippen LogP contribution is -2.48. The van der Waals surface area contributed by atoms with Crippen molar-refractivity contribution in [3.05, 3.63) is 22.4 Å². The van der Waals surface area contributed by atoms with Crippen LogP contribution in [0.2, 0.25) is 0 Å². The van der Waals surface area contributed by atoms with Crippen LogP contribution >= 0.6 is 11.3 Å². The van der Waals surface area contributed by atoms with Crippen molar-refractivity contribution in [3.8, 4) is 0 Å². The fourth-order valence-electron chi connectivity index (χ4n) is 1.82. The number of rotatable bonds is 8. The summed E-state index contributed by atoms with van der Waals surface area (Å²) in [5.41, 5.74) is 4.96. The summed E-state index contributed by atoms with van der Waals surface area (Å²) in [4.78, 5) is 34.6. The maximum atomic E-state index is 11.9. The van der Waals surface area contributed by atoms with E-state index in [0.29, 0.717) is 0 Å². The smallest absolute Gasteiger partial charge is 0.326 e. The molecule has 0 saturated carbocycles. The van der Waals surface area contributed by atoms with E-state index in [-0.39, 0.29) is 6.04 Å². The van der Waals surface area contributed by atoms with Gasteiger partial charge in [-0.15, -0.1) is 11.3 Å². The molecule has 1 rings (SSSR count). The van der Waals surface area contributed by atoms with Gasteiger partial charge >= 0.3 is 12.0 Å². The predicted molar refractivity (Wildman–Crippen MR) is 78.9 cm³/mol. The van der Waals surface area contributed by atoms with E-state index in [9.17, 15) is 14.4 Å². The number of carboxylic acids is 1. The normalized spacial score (nSPS) is 13.2. The highest BCUT2D eigenvalue weighted by Gasteiger charge is 2.23. The molecule has 0 bridgehead atoms. The highest BCUT2D eigenvalue weighted by molar-refractivity contribution is 7.10. The Labute approximate surface area is 126 Å². The van der Waals surface area contributed by atoms with Gasteiger partial charge in [-0.3, -0.25) is 4.79 Å².